The number of hydrogen-bond donors (Lipinski definition) is 0. The predicted molar refractivity (Wildman–Crippen MR) is 103 cm³/mol. The van der Waals surface area contributed by atoms with Crippen LogP contribution in [0.1, 0.15) is 44.2 Å². The number of carbonyl (C=O) groups is 2. The van der Waals surface area contributed by atoms with E-state index in [0.29, 0.717) is 18.8 Å². The van der Waals surface area contributed by atoms with Crippen LogP contribution in [0.3, 0.4) is 0 Å². The van der Waals surface area contributed by atoms with Gasteiger partial charge < -0.3 is 9.32 Å². The summed E-state index contributed by atoms with van der Waals surface area (Å²) in [5.74, 6) is 0.308. The molecule has 3 heterocycles. The number of nitrogens with zero attached hydrogens (tertiary/aromatic N) is 1. The summed E-state index contributed by atoms with van der Waals surface area (Å²) in [6.07, 6.45) is 1.67. The van der Waals surface area contributed by atoms with E-state index >= 15 is 0 Å². The number of thiophene rings is 1. The fourth-order valence-corrected chi connectivity index (χ4v) is 4.42. The maximum absolute atomic E-state index is 13.1. The predicted octanol–water partition coefficient (Wildman–Crippen LogP) is 4.85. The quantitative estimate of drug-likeness (QED) is 0.622. The molecule has 3 aromatic rings. The van der Waals surface area contributed by atoms with E-state index in [1.165, 1.54) is 11.3 Å². The summed E-state index contributed by atoms with van der Waals surface area (Å²) in [5, 5.41) is 2.90. The van der Waals surface area contributed by atoms with Crippen molar-refractivity contribution in [2.75, 3.05) is 13.1 Å². The monoisotopic (exact) mass is 367 g/mol. The number of aryl methyl sites for hydroxylation is 2. The zero-order chi connectivity index (χ0) is 18.3. The molecule has 0 N–H and O–H groups in total. The van der Waals surface area contributed by atoms with Crippen molar-refractivity contribution in [2.24, 2.45) is 5.92 Å². The Labute approximate surface area is 156 Å². The molecule has 1 saturated heterocycles. The van der Waals surface area contributed by atoms with Gasteiger partial charge in [-0.05, 0) is 50.3 Å². The highest BCUT2D eigenvalue weighted by atomic mass is 32.1. The van der Waals surface area contributed by atoms with Crippen LogP contribution >= 0.6 is 11.3 Å². The van der Waals surface area contributed by atoms with Crippen LogP contribution < -0.4 is 0 Å². The van der Waals surface area contributed by atoms with Gasteiger partial charge in [-0.15, -0.1) is 11.3 Å². The second-order valence-corrected chi connectivity index (χ2v) is 7.94. The van der Waals surface area contributed by atoms with E-state index < -0.39 is 0 Å². The van der Waals surface area contributed by atoms with Crippen molar-refractivity contribution in [3.05, 3.63) is 57.5 Å². The molecular weight excluding hydrogens is 346 g/mol. The third-order valence-corrected chi connectivity index (χ3v) is 6.01. The van der Waals surface area contributed by atoms with Gasteiger partial charge in [-0.25, -0.2) is 0 Å². The Hall–Kier alpha value is -2.40. The van der Waals surface area contributed by atoms with Gasteiger partial charge in [-0.2, -0.15) is 0 Å². The molecule has 0 aliphatic carbocycles. The van der Waals surface area contributed by atoms with Gasteiger partial charge >= 0.3 is 0 Å². The van der Waals surface area contributed by atoms with Crippen molar-refractivity contribution < 1.29 is 14.0 Å². The van der Waals surface area contributed by atoms with Gasteiger partial charge in [0.1, 0.15) is 5.58 Å². The summed E-state index contributed by atoms with van der Waals surface area (Å²) >= 11 is 1.47. The van der Waals surface area contributed by atoms with Crippen LogP contribution in [0, 0.1) is 19.8 Å². The lowest BCUT2D eigenvalue weighted by atomic mass is 9.92. The molecule has 1 aliphatic rings. The number of hydrogen-bond acceptors (Lipinski definition) is 4. The molecule has 1 aliphatic heterocycles. The van der Waals surface area contributed by atoms with E-state index in [1.807, 2.05) is 49.6 Å². The summed E-state index contributed by atoms with van der Waals surface area (Å²) < 4.78 is 5.86. The molecule has 5 heteroatoms. The maximum atomic E-state index is 13.1. The van der Waals surface area contributed by atoms with Gasteiger partial charge in [-0.1, -0.05) is 17.7 Å². The molecule has 0 unspecified atom stereocenters. The minimum absolute atomic E-state index is 0.111. The van der Waals surface area contributed by atoms with Crippen LogP contribution in [0.4, 0.5) is 0 Å². The minimum atomic E-state index is -0.127. The first-order valence-electron chi connectivity index (χ1n) is 8.91. The van der Waals surface area contributed by atoms with Crippen molar-refractivity contribution >= 4 is 34.0 Å². The molecule has 4 nitrogen and oxygen atoms in total. The van der Waals surface area contributed by atoms with Gasteiger partial charge in [0.2, 0.25) is 0 Å². The molecule has 0 spiro atoms. The summed E-state index contributed by atoms with van der Waals surface area (Å²) in [5.41, 5.74) is 2.75. The van der Waals surface area contributed by atoms with Crippen LogP contribution in [-0.2, 0) is 0 Å². The van der Waals surface area contributed by atoms with Crippen molar-refractivity contribution in [3.8, 4) is 0 Å². The lowest BCUT2D eigenvalue weighted by molar-refractivity contribution is 0.0613. The third-order valence-electron chi connectivity index (χ3n) is 5.13. The molecular formula is C21H21NO3S. The molecule has 134 valence electrons. The highest BCUT2D eigenvalue weighted by molar-refractivity contribution is 7.12. The van der Waals surface area contributed by atoms with Crippen molar-refractivity contribution in [3.63, 3.8) is 0 Å². The van der Waals surface area contributed by atoms with Crippen LogP contribution in [0.15, 0.2) is 40.1 Å². The Balaban J connectivity index is 1.58. The van der Waals surface area contributed by atoms with Crippen LogP contribution in [0.25, 0.3) is 11.0 Å². The van der Waals surface area contributed by atoms with Gasteiger partial charge in [0.25, 0.3) is 5.91 Å². The Morgan fingerprint density at radius 1 is 1.23 bits per heavy atom. The molecule has 0 bridgehead atoms. The summed E-state index contributed by atoms with van der Waals surface area (Å²) in [6.45, 7) is 5.09. The number of carbonyl (C=O) groups excluding carboxylic acids is 2. The van der Waals surface area contributed by atoms with E-state index in [9.17, 15) is 9.59 Å². The first-order chi connectivity index (χ1) is 12.5. The highest BCUT2D eigenvalue weighted by Gasteiger charge is 2.32. The molecule has 1 amide bonds. The maximum Gasteiger partial charge on any atom is 0.289 e. The van der Waals surface area contributed by atoms with Crippen molar-refractivity contribution in [1.29, 1.82) is 0 Å². The number of rotatable bonds is 3. The Morgan fingerprint density at radius 3 is 2.85 bits per heavy atom. The number of amides is 1. The number of benzene rings is 1. The second-order valence-electron chi connectivity index (χ2n) is 6.99. The van der Waals surface area contributed by atoms with Gasteiger partial charge in [0, 0.05) is 30.0 Å². The van der Waals surface area contributed by atoms with E-state index in [4.69, 9.17) is 4.42 Å². The van der Waals surface area contributed by atoms with E-state index in [0.717, 1.165) is 39.8 Å². The number of furan rings is 1. The Morgan fingerprint density at radius 2 is 2.08 bits per heavy atom. The number of Topliss-reactive ketones (excluding diaryl/α,β-unsaturated/α-hetero) is 1. The first-order valence-corrected chi connectivity index (χ1v) is 9.79. The number of fused-ring (bicyclic) bond motifs is 1. The number of piperidine rings is 1. The number of ketones is 1. The lowest BCUT2D eigenvalue weighted by Crippen LogP contribution is -2.42. The third kappa shape index (κ3) is 2.97. The Kier molecular flexibility index (Phi) is 4.41. The Bertz CT molecular complexity index is 971. The topological polar surface area (TPSA) is 50.5 Å². The molecule has 0 radical (unpaired) electrons. The van der Waals surface area contributed by atoms with Crippen LogP contribution in [-0.4, -0.2) is 29.7 Å². The van der Waals surface area contributed by atoms with Crippen molar-refractivity contribution in [1.82, 2.24) is 4.90 Å². The average molecular weight is 367 g/mol. The summed E-state index contributed by atoms with van der Waals surface area (Å²) in [4.78, 5) is 28.3. The van der Waals surface area contributed by atoms with E-state index in [1.54, 1.807) is 4.90 Å². The molecule has 2 aromatic heterocycles. The lowest BCUT2D eigenvalue weighted by Gasteiger charge is -2.31. The molecule has 0 saturated carbocycles. The summed E-state index contributed by atoms with van der Waals surface area (Å²) in [7, 11) is 0. The molecule has 26 heavy (non-hydrogen) atoms. The average Bonchev–Trinajstić information content (AvgIpc) is 3.30. The van der Waals surface area contributed by atoms with Gasteiger partial charge in [0.15, 0.2) is 11.5 Å². The van der Waals surface area contributed by atoms with E-state index in [-0.39, 0.29) is 17.6 Å². The summed E-state index contributed by atoms with van der Waals surface area (Å²) in [6, 6.07) is 9.69. The van der Waals surface area contributed by atoms with Crippen molar-refractivity contribution in [2.45, 2.75) is 26.7 Å². The largest absolute Gasteiger partial charge is 0.451 e. The fourth-order valence-electron chi connectivity index (χ4n) is 3.68. The van der Waals surface area contributed by atoms with Gasteiger partial charge in [0.05, 0.1) is 4.88 Å². The minimum Gasteiger partial charge on any atom is -0.451 e. The van der Waals surface area contributed by atoms with Crippen LogP contribution in [0.5, 0.6) is 0 Å². The smallest absolute Gasteiger partial charge is 0.289 e. The fraction of sp³-hybridized carbons (Fsp3) is 0.333. The molecule has 4 rings (SSSR count). The number of likely N-dealkylation sites (tertiary alicyclic amines) is 1. The molecule has 1 atom stereocenters. The second kappa shape index (κ2) is 6.72. The normalized spacial score (nSPS) is 17.6. The standard InChI is InChI=1S/C21H21NO3S/c1-13-7-8-17-16(11-13)14(2)20(25-17)21(24)22-9-3-5-15(12-22)19(23)18-6-4-10-26-18/h4,6-8,10-11,15H,3,5,9,12H2,1-2H3/t15-/m1/s1. The van der Waals surface area contributed by atoms with E-state index in [2.05, 4.69) is 0 Å². The zero-order valence-electron chi connectivity index (χ0n) is 15.0. The van der Waals surface area contributed by atoms with Gasteiger partial charge in [-0.3, -0.25) is 9.59 Å². The first kappa shape index (κ1) is 17.0. The molecule has 1 aromatic carbocycles. The van der Waals surface area contributed by atoms with Crippen LogP contribution in [0.2, 0.25) is 0 Å². The SMILES string of the molecule is Cc1ccc2oc(C(=O)N3CCC[C@@H](C(=O)c4cccs4)C3)c(C)c2c1. The zero-order valence-corrected chi connectivity index (χ0v) is 15.8. The highest BCUT2D eigenvalue weighted by Crippen LogP contribution is 2.29. The molecule has 1 fully saturated rings.